The second-order valence-electron chi connectivity index (χ2n) is 4.45. The van der Waals surface area contributed by atoms with Crippen molar-refractivity contribution in [2.75, 3.05) is 5.32 Å². The highest BCUT2D eigenvalue weighted by Crippen LogP contribution is 2.24. The van der Waals surface area contributed by atoms with Crippen LogP contribution in [0.5, 0.6) is 6.08 Å². The Morgan fingerprint density at radius 1 is 1.23 bits per heavy atom. The first-order valence-corrected chi connectivity index (χ1v) is 6.43. The summed E-state index contributed by atoms with van der Waals surface area (Å²) in [7, 11) is 0. The predicted molar refractivity (Wildman–Crippen MR) is 77.5 cm³/mol. The Balaban J connectivity index is 1.83. The van der Waals surface area contributed by atoms with Gasteiger partial charge in [0.1, 0.15) is 11.2 Å². The first-order valence-electron chi connectivity index (χ1n) is 6.43. The number of carbonyl (C=O) groups excluding carboxylic acids is 2. The van der Waals surface area contributed by atoms with Gasteiger partial charge in [0.2, 0.25) is 5.91 Å². The molecule has 0 fully saturated rings. The third kappa shape index (κ3) is 2.93. The molecule has 1 amide bonds. The molecular weight excluding hydrogens is 286 g/mol. The molecule has 2 aromatic heterocycles. The number of nitrogens with zero attached hydrogens (tertiary/aromatic N) is 2. The number of anilines is 1. The number of esters is 1. The molecular formula is C15H11N3O4. The van der Waals surface area contributed by atoms with Crippen molar-refractivity contribution in [1.29, 1.82) is 0 Å². The molecule has 110 valence electrons. The van der Waals surface area contributed by atoms with Crippen LogP contribution in [0.15, 0.2) is 47.0 Å². The van der Waals surface area contributed by atoms with Crippen molar-refractivity contribution < 1.29 is 18.7 Å². The van der Waals surface area contributed by atoms with Gasteiger partial charge in [-0.2, -0.15) is 4.98 Å². The maximum atomic E-state index is 11.9. The molecule has 7 nitrogen and oxygen atoms in total. The fourth-order valence-electron chi connectivity index (χ4n) is 1.85. The van der Waals surface area contributed by atoms with E-state index < -0.39 is 5.97 Å². The van der Waals surface area contributed by atoms with E-state index in [1.165, 1.54) is 19.2 Å². The Bertz CT molecular complexity index is 842. The van der Waals surface area contributed by atoms with Crippen molar-refractivity contribution in [2.24, 2.45) is 0 Å². The summed E-state index contributed by atoms with van der Waals surface area (Å²) in [6.45, 7) is 1.41. The molecule has 0 spiro atoms. The highest BCUT2D eigenvalue weighted by Gasteiger charge is 2.15. The average Bonchev–Trinajstić information content (AvgIpc) is 2.89. The summed E-state index contributed by atoms with van der Waals surface area (Å²) >= 11 is 0. The van der Waals surface area contributed by atoms with Gasteiger partial charge in [-0.3, -0.25) is 4.79 Å². The van der Waals surface area contributed by atoms with Crippen molar-refractivity contribution >= 4 is 28.7 Å². The van der Waals surface area contributed by atoms with Crippen LogP contribution >= 0.6 is 0 Å². The fourth-order valence-corrected chi connectivity index (χ4v) is 1.85. The third-order valence-corrected chi connectivity index (χ3v) is 2.74. The van der Waals surface area contributed by atoms with Crippen LogP contribution in [-0.2, 0) is 4.79 Å². The zero-order valence-corrected chi connectivity index (χ0v) is 11.6. The van der Waals surface area contributed by atoms with E-state index in [2.05, 4.69) is 15.3 Å². The number of hydrogen-bond donors (Lipinski definition) is 1. The van der Waals surface area contributed by atoms with E-state index in [1.807, 2.05) is 0 Å². The molecule has 0 saturated heterocycles. The van der Waals surface area contributed by atoms with Gasteiger partial charge in [0.15, 0.2) is 5.58 Å². The maximum absolute atomic E-state index is 11.9. The number of ether oxygens (including phenoxy) is 1. The van der Waals surface area contributed by atoms with Crippen molar-refractivity contribution in [3.05, 3.63) is 48.3 Å². The van der Waals surface area contributed by atoms with Crippen LogP contribution in [0.2, 0.25) is 0 Å². The van der Waals surface area contributed by atoms with Crippen molar-refractivity contribution in [3.8, 4) is 6.08 Å². The van der Waals surface area contributed by atoms with E-state index in [1.54, 1.807) is 30.3 Å². The monoisotopic (exact) mass is 297 g/mol. The summed E-state index contributed by atoms with van der Waals surface area (Å²) in [4.78, 5) is 30.8. The normalized spacial score (nSPS) is 10.4. The Morgan fingerprint density at radius 2 is 2.09 bits per heavy atom. The Labute approximate surface area is 124 Å². The number of rotatable bonds is 3. The van der Waals surface area contributed by atoms with Gasteiger partial charge >= 0.3 is 12.0 Å². The molecule has 3 aromatic rings. The van der Waals surface area contributed by atoms with Crippen LogP contribution in [0.4, 0.5) is 5.69 Å². The SMILES string of the molecule is CC(=O)Nc1ccc2oc(OC(=O)c3ccccn3)nc2c1. The van der Waals surface area contributed by atoms with Crippen LogP contribution in [0.3, 0.4) is 0 Å². The smallest absolute Gasteiger partial charge is 0.402 e. The number of pyridine rings is 1. The van der Waals surface area contributed by atoms with Gasteiger partial charge in [-0.15, -0.1) is 0 Å². The number of aromatic nitrogens is 2. The summed E-state index contributed by atoms with van der Waals surface area (Å²) in [5.74, 6) is -0.848. The summed E-state index contributed by atoms with van der Waals surface area (Å²) in [6.07, 6.45) is 1.31. The molecule has 0 unspecified atom stereocenters. The highest BCUT2D eigenvalue weighted by atomic mass is 16.6. The lowest BCUT2D eigenvalue weighted by atomic mass is 10.3. The van der Waals surface area contributed by atoms with Crippen LogP contribution in [0, 0.1) is 0 Å². The molecule has 0 radical (unpaired) electrons. The van der Waals surface area contributed by atoms with E-state index in [4.69, 9.17) is 9.15 Å². The second kappa shape index (κ2) is 5.65. The topological polar surface area (TPSA) is 94.3 Å². The molecule has 0 aliphatic rings. The number of nitrogens with one attached hydrogen (secondary N) is 1. The van der Waals surface area contributed by atoms with E-state index >= 15 is 0 Å². The molecule has 1 aromatic carbocycles. The van der Waals surface area contributed by atoms with Crippen LogP contribution < -0.4 is 10.1 Å². The van der Waals surface area contributed by atoms with Crippen LogP contribution in [0.25, 0.3) is 11.1 Å². The zero-order valence-electron chi connectivity index (χ0n) is 11.6. The second-order valence-corrected chi connectivity index (χ2v) is 4.45. The number of fused-ring (bicyclic) bond motifs is 1. The number of benzene rings is 1. The van der Waals surface area contributed by atoms with Gasteiger partial charge < -0.3 is 14.5 Å². The molecule has 0 bridgehead atoms. The van der Waals surface area contributed by atoms with Gasteiger partial charge in [-0.1, -0.05) is 6.07 Å². The molecule has 1 N–H and O–H groups in total. The molecule has 0 saturated carbocycles. The van der Waals surface area contributed by atoms with Crippen molar-refractivity contribution in [1.82, 2.24) is 9.97 Å². The molecule has 3 rings (SSSR count). The molecule has 0 aliphatic heterocycles. The fraction of sp³-hybridized carbons (Fsp3) is 0.0667. The Morgan fingerprint density at radius 3 is 2.82 bits per heavy atom. The van der Waals surface area contributed by atoms with Gasteiger partial charge in [-0.25, -0.2) is 9.78 Å². The van der Waals surface area contributed by atoms with Crippen molar-refractivity contribution in [3.63, 3.8) is 0 Å². The summed E-state index contributed by atoms with van der Waals surface area (Å²) in [5.41, 5.74) is 1.65. The van der Waals surface area contributed by atoms with Crippen LogP contribution in [0.1, 0.15) is 17.4 Å². The lowest BCUT2D eigenvalue weighted by Gasteiger charge is -1.99. The number of hydrogen-bond acceptors (Lipinski definition) is 6. The Kier molecular flexibility index (Phi) is 3.53. The first-order chi connectivity index (χ1) is 10.6. The maximum Gasteiger partial charge on any atom is 0.402 e. The number of amides is 1. The summed E-state index contributed by atoms with van der Waals surface area (Å²) in [6, 6.07) is 9.82. The summed E-state index contributed by atoms with van der Waals surface area (Å²) in [5, 5.41) is 2.63. The first kappa shape index (κ1) is 13.7. The van der Waals surface area contributed by atoms with Gasteiger partial charge in [-0.05, 0) is 30.3 Å². The lowest BCUT2D eigenvalue weighted by molar-refractivity contribution is -0.114. The minimum atomic E-state index is -0.658. The molecule has 2 heterocycles. The van der Waals surface area contributed by atoms with Gasteiger partial charge in [0.05, 0.1) is 0 Å². The third-order valence-electron chi connectivity index (χ3n) is 2.74. The highest BCUT2D eigenvalue weighted by molar-refractivity contribution is 5.91. The van der Waals surface area contributed by atoms with Crippen LogP contribution in [-0.4, -0.2) is 21.8 Å². The predicted octanol–water partition coefficient (Wildman–Crippen LogP) is 2.40. The molecule has 7 heteroatoms. The quantitative estimate of drug-likeness (QED) is 0.746. The van der Waals surface area contributed by atoms with Crippen molar-refractivity contribution in [2.45, 2.75) is 6.92 Å². The minimum Gasteiger partial charge on any atom is -0.409 e. The molecule has 22 heavy (non-hydrogen) atoms. The standard InChI is InChI=1S/C15H11N3O4/c1-9(19)17-10-5-6-13-12(8-10)18-15(21-13)22-14(20)11-4-2-3-7-16-11/h2-8H,1H3,(H,17,19). The number of oxazole rings is 1. The van der Waals surface area contributed by atoms with E-state index in [-0.39, 0.29) is 17.7 Å². The lowest BCUT2D eigenvalue weighted by Crippen LogP contribution is -2.10. The zero-order chi connectivity index (χ0) is 15.5. The van der Waals surface area contributed by atoms with E-state index in [9.17, 15) is 9.59 Å². The van der Waals surface area contributed by atoms with E-state index in [0.29, 0.717) is 16.8 Å². The van der Waals surface area contributed by atoms with E-state index in [0.717, 1.165) is 0 Å². The van der Waals surface area contributed by atoms with Gasteiger partial charge in [0.25, 0.3) is 0 Å². The van der Waals surface area contributed by atoms with Gasteiger partial charge in [0, 0.05) is 18.8 Å². The largest absolute Gasteiger partial charge is 0.409 e. The average molecular weight is 297 g/mol. The minimum absolute atomic E-state index is 0.156. The number of carbonyl (C=O) groups is 2. The Hall–Kier alpha value is -3.22. The molecule has 0 atom stereocenters. The molecule has 0 aliphatic carbocycles. The summed E-state index contributed by atoms with van der Waals surface area (Å²) < 4.78 is 10.4.